The fourth-order valence-corrected chi connectivity index (χ4v) is 1.09. The van der Waals surface area contributed by atoms with Crippen LogP contribution >= 0.6 is 24.2 Å². The molecule has 1 aromatic rings. The summed E-state index contributed by atoms with van der Waals surface area (Å²) in [4.78, 5) is 11.8. The van der Waals surface area contributed by atoms with E-state index in [9.17, 15) is 4.79 Å². The molecule has 0 fully saturated rings. The fourth-order valence-electron chi connectivity index (χ4n) is 1.02. The zero-order valence-corrected chi connectivity index (χ0v) is 12.0. The van der Waals surface area contributed by atoms with Crippen molar-refractivity contribution in [2.75, 3.05) is 0 Å². The maximum absolute atomic E-state index is 11.8. The van der Waals surface area contributed by atoms with Gasteiger partial charge < -0.3 is 0 Å². The summed E-state index contributed by atoms with van der Waals surface area (Å²) in [5.41, 5.74) is 3.15. The third-order valence-corrected chi connectivity index (χ3v) is 2.66. The van der Waals surface area contributed by atoms with Gasteiger partial charge in [0.15, 0.2) is 0 Å². The van der Waals surface area contributed by atoms with Crippen molar-refractivity contribution in [1.82, 2.24) is 9.95 Å². The first-order valence-electron chi connectivity index (χ1n) is 5.12. The van der Waals surface area contributed by atoms with Crippen LogP contribution in [0, 0.1) is 11.3 Å². The Morgan fingerprint density at radius 3 is 2.22 bits per heavy atom. The number of hydrogen-bond acceptors (Lipinski definition) is 3. The molecule has 0 saturated heterocycles. The molecular formula is C12H15Cl2N3O. The number of carbonyl (C=O) groups is 1. The Kier molecular flexibility index (Phi) is 6.13. The van der Waals surface area contributed by atoms with Crippen LogP contribution in [0.5, 0.6) is 0 Å². The molecule has 1 N–H and O–H groups in total. The smallest absolute Gasteiger partial charge is 0.266 e. The lowest BCUT2D eigenvalue weighted by Crippen LogP contribution is -2.46. The van der Waals surface area contributed by atoms with Crippen molar-refractivity contribution in [3.05, 3.63) is 35.4 Å². The molecule has 0 saturated carbocycles. The molecule has 1 rings (SSSR count). The van der Waals surface area contributed by atoms with Crippen LogP contribution < -0.4 is 5.43 Å². The zero-order chi connectivity index (χ0) is 13.1. The van der Waals surface area contributed by atoms with Crippen LogP contribution in [0.3, 0.4) is 0 Å². The number of carbonyl (C=O) groups excluding carboxylic acids is 1. The van der Waals surface area contributed by atoms with Crippen LogP contribution in [0.2, 0.25) is 0 Å². The molecule has 1 aromatic carbocycles. The highest BCUT2D eigenvalue weighted by molar-refractivity contribution is 6.14. The molecule has 0 aromatic heterocycles. The first-order chi connectivity index (χ1) is 7.84. The fraction of sp³-hybridized carbons (Fsp3) is 0.333. The summed E-state index contributed by atoms with van der Waals surface area (Å²) >= 11 is 5.91. The van der Waals surface area contributed by atoms with Gasteiger partial charge in [0.2, 0.25) is 0 Å². The Morgan fingerprint density at radius 2 is 1.83 bits per heavy atom. The van der Waals surface area contributed by atoms with E-state index in [1.54, 1.807) is 24.3 Å². The molecule has 0 bridgehead atoms. The van der Waals surface area contributed by atoms with E-state index in [2.05, 4.69) is 5.43 Å². The third kappa shape index (κ3) is 4.53. The minimum absolute atomic E-state index is 0. The summed E-state index contributed by atoms with van der Waals surface area (Å²) < 4.78 is 1.23. The van der Waals surface area contributed by atoms with Gasteiger partial charge in [-0.2, -0.15) is 5.26 Å². The van der Waals surface area contributed by atoms with Crippen molar-refractivity contribution < 1.29 is 4.79 Å². The van der Waals surface area contributed by atoms with Gasteiger partial charge >= 0.3 is 0 Å². The van der Waals surface area contributed by atoms with E-state index in [0.29, 0.717) is 11.1 Å². The predicted molar refractivity (Wildman–Crippen MR) is 73.3 cm³/mol. The van der Waals surface area contributed by atoms with Gasteiger partial charge in [0.1, 0.15) is 0 Å². The molecule has 0 heterocycles. The lowest BCUT2D eigenvalue weighted by atomic mass is 10.1. The average molecular weight is 288 g/mol. The van der Waals surface area contributed by atoms with E-state index in [0.717, 1.165) is 0 Å². The van der Waals surface area contributed by atoms with Crippen molar-refractivity contribution in [3.63, 3.8) is 0 Å². The maximum Gasteiger partial charge on any atom is 0.266 e. The highest BCUT2D eigenvalue weighted by Gasteiger charge is 2.21. The van der Waals surface area contributed by atoms with E-state index in [-0.39, 0.29) is 23.9 Å². The van der Waals surface area contributed by atoms with Crippen LogP contribution in [0.4, 0.5) is 0 Å². The molecular weight excluding hydrogens is 273 g/mol. The molecule has 98 valence electrons. The highest BCUT2D eigenvalue weighted by atomic mass is 35.5. The largest absolute Gasteiger partial charge is 0.270 e. The van der Waals surface area contributed by atoms with Crippen LogP contribution in [0.15, 0.2) is 24.3 Å². The molecule has 18 heavy (non-hydrogen) atoms. The minimum Gasteiger partial charge on any atom is -0.270 e. The molecule has 0 radical (unpaired) electrons. The van der Waals surface area contributed by atoms with Gasteiger partial charge in [-0.25, -0.2) is 0 Å². The highest BCUT2D eigenvalue weighted by Crippen LogP contribution is 2.13. The Labute approximate surface area is 118 Å². The molecule has 0 aliphatic carbocycles. The van der Waals surface area contributed by atoms with Crippen molar-refractivity contribution in [2.24, 2.45) is 0 Å². The Hall–Kier alpha value is -1.28. The van der Waals surface area contributed by atoms with Crippen molar-refractivity contribution >= 4 is 30.1 Å². The van der Waals surface area contributed by atoms with Crippen LogP contribution in [0.1, 0.15) is 36.7 Å². The number of hydrogen-bond donors (Lipinski definition) is 1. The summed E-state index contributed by atoms with van der Waals surface area (Å²) in [5, 5.41) is 8.64. The quantitative estimate of drug-likeness (QED) is 0.672. The summed E-state index contributed by atoms with van der Waals surface area (Å²) in [6.45, 7) is 5.62. The zero-order valence-electron chi connectivity index (χ0n) is 10.4. The molecule has 0 aliphatic heterocycles. The van der Waals surface area contributed by atoms with Gasteiger partial charge in [0, 0.05) is 22.9 Å². The summed E-state index contributed by atoms with van der Waals surface area (Å²) in [6.07, 6.45) is 0. The number of halogens is 2. The maximum atomic E-state index is 11.8. The third-order valence-electron chi connectivity index (χ3n) is 2.06. The summed E-state index contributed by atoms with van der Waals surface area (Å²) in [5.74, 6) is -0.306. The van der Waals surface area contributed by atoms with Crippen molar-refractivity contribution in [1.29, 1.82) is 5.26 Å². The van der Waals surface area contributed by atoms with E-state index >= 15 is 0 Å². The Bertz CT molecular complexity index is 446. The molecule has 0 atom stereocenters. The van der Waals surface area contributed by atoms with Gasteiger partial charge in [0.05, 0.1) is 11.6 Å². The molecule has 0 aliphatic rings. The Morgan fingerprint density at radius 1 is 1.33 bits per heavy atom. The second kappa shape index (κ2) is 6.60. The SMILES string of the molecule is CC(C)(C)N(Cl)NC(=O)c1ccc(C#N)cc1.Cl. The van der Waals surface area contributed by atoms with Crippen molar-refractivity contribution in [3.8, 4) is 6.07 Å². The number of amides is 1. The first-order valence-corrected chi connectivity index (χ1v) is 5.45. The minimum atomic E-state index is -0.371. The van der Waals surface area contributed by atoms with Crippen molar-refractivity contribution in [2.45, 2.75) is 26.3 Å². The van der Waals surface area contributed by atoms with Gasteiger partial charge in [-0.1, -0.05) is 0 Å². The number of nitriles is 1. The van der Waals surface area contributed by atoms with Gasteiger partial charge in [0.25, 0.3) is 5.91 Å². The topological polar surface area (TPSA) is 56.1 Å². The first kappa shape index (κ1) is 16.7. The lowest BCUT2D eigenvalue weighted by Gasteiger charge is -2.28. The number of rotatable bonds is 2. The van der Waals surface area contributed by atoms with Gasteiger partial charge in [-0.05, 0) is 45.0 Å². The van der Waals surface area contributed by atoms with Crippen LogP contribution in [-0.4, -0.2) is 16.0 Å². The molecule has 6 heteroatoms. The second-order valence-corrected chi connectivity index (χ2v) is 4.92. The van der Waals surface area contributed by atoms with E-state index in [1.807, 2.05) is 26.8 Å². The van der Waals surface area contributed by atoms with Crippen LogP contribution in [-0.2, 0) is 0 Å². The standard InChI is InChI=1S/C12H14ClN3O.ClH/c1-12(2,3)16(13)15-11(17)10-6-4-9(8-14)5-7-10;/h4-7H,1-3H3,(H,15,17);1H. The summed E-state index contributed by atoms with van der Waals surface area (Å²) in [6, 6.07) is 8.33. The number of benzene rings is 1. The predicted octanol–water partition coefficient (Wildman–Crippen LogP) is 2.88. The van der Waals surface area contributed by atoms with Gasteiger partial charge in [-0.3, -0.25) is 10.2 Å². The molecule has 0 unspecified atom stereocenters. The summed E-state index contributed by atoms with van der Waals surface area (Å²) in [7, 11) is 0. The number of nitrogens with zero attached hydrogens (tertiary/aromatic N) is 2. The number of nitrogens with one attached hydrogen (secondary N) is 1. The lowest BCUT2D eigenvalue weighted by molar-refractivity contribution is 0.0806. The monoisotopic (exact) mass is 287 g/mol. The molecule has 4 nitrogen and oxygen atoms in total. The average Bonchev–Trinajstić information content (AvgIpc) is 2.27. The van der Waals surface area contributed by atoms with E-state index in [4.69, 9.17) is 17.0 Å². The second-order valence-electron chi connectivity index (χ2n) is 4.58. The van der Waals surface area contributed by atoms with E-state index < -0.39 is 0 Å². The van der Waals surface area contributed by atoms with Gasteiger partial charge in [-0.15, -0.1) is 16.9 Å². The molecule has 0 spiro atoms. The molecule has 1 amide bonds. The number of hydrazine groups is 1. The normalized spacial score (nSPS) is 10.4. The van der Waals surface area contributed by atoms with E-state index in [1.165, 1.54) is 4.53 Å². The van der Waals surface area contributed by atoms with Crippen LogP contribution in [0.25, 0.3) is 0 Å². The Balaban J connectivity index is 0.00000289.